The molecule has 3 heterocycles. The van der Waals surface area contributed by atoms with Crippen LogP contribution in [0, 0.1) is 0 Å². The van der Waals surface area contributed by atoms with Crippen LogP contribution in [0.3, 0.4) is 0 Å². The first-order valence-electron chi connectivity index (χ1n) is 8.39. The molecule has 0 atom stereocenters. The first-order valence-corrected chi connectivity index (χ1v) is 8.39. The van der Waals surface area contributed by atoms with Crippen LogP contribution >= 0.6 is 0 Å². The third-order valence-electron chi connectivity index (χ3n) is 4.30. The molecule has 0 radical (unpaired) electrons. The topological polar surface area (TPSA) is 99.2 Å². The second-order valence-corrected chi connectivity index (χ2v) is 7.19. The summed E-state index contributed by atoms with van der Waals surface area (Å²) >= 11 is 0. The lowest BCUT2D eigenvalue weighted by molar-refractivity contribution is -0.127. The first-order chi connectivity index (χ1) is 11.8. The second kappa shape index (κ2) is 6.34. The predicted molar refractivity (Wildman–Crippen MR) is 95.2 cm³/mol. The molecule has 0 aliphatic carbocycles. The molecule has 8 heteroatoms. The minimum absolute atomic E-state index is 0.0278. The molecule has 0 saturated carbocycles. The fourth-order valence-corrected chi connectivity index (χ4v) is 2.97. The van der Waals surface area contributed by atoms with E-state index in [2.05, 4.69) is 21.6 Å². The molecule has 3 rings (SSSR count). The Morgan fingerprint density at radius 2 is 2.04 bits per heavy atom. The molecule has 25 heavy (non-hydrogen) atoms. The molecule has 2 aromatic rings. The van der Waals surface area contributed by atoms with Crippen LogP contribution in [-0.2, 0) is 10.3 Å². The van der Waals surface area contributed by atoms with Crippen LogP contribution in [0.4, 0.5) is 5.82 Å². The molecule has 0 spiro atoms. The maximum atomic E-state index is 11.7. The van der Waals surface area contributed by atoms with Gasteiger partial charge in [0.1, 0.15) is 23.6 Å². The molecule has 1 aliphatic rings. The Labute approximate surface area is 146 Å². The number of amides is 1. The number of carbonyl (C=O) groups excluding carboxylic acids is 1. The highest BCUT2D eigenvalue weighted by Crippen LogP contribution is 2.32. The van der Waals surface area contributed by atoms with Gasteiger partial charge in [-0.25, -0.2) is 14.6 Å². The van der Waals surface area contributed by atoms with Crippen LogP contribution in [0.1, 0.15) is 33.6 Å². The summed E-state index contributed by atoms with van der Waals surface area (Å²) in [6.45, 7) is 10.9. The monoisotopic (exact) mass is 344 g/mol. The van der Waals surface area contributed by atoms with Gasteiger partial charge in [-0.3, -0.25) is 4.79 Å². The van der Waals surface area contributed by atoms with Crippen molar-refractivity contribution in [2.24, 2.45) is 0 Å². The number of likely N-dealkylation sites (tertiary alicyclic amines) is 1. The second-order valence-electron chi connectivity index (χ2n) is 7.19. The number of hydrogen-bond donors (Lipinski definition) is 1. The Balaban J connectivity index is 1.85. The smallest absolute Gasteiger partial charge is 0.246 e. The maximum Gasteiger partial charge on any atom is 0.246 e. The third-order valence-corrected chi connectivity index (χ3v) is 4.30. The summed E-state index contributed by atoms with van der Waals surface area (Å²) in [5, 5.41) is 5.24. The number of piperidine rings is 1. The first kappa shape index (κ1) is 17.2. The van der Waals surface area contributed by atoms with Crippen molar-refractivity contribution in [2.75, 3.05) is 18.8 Å². The van der Waals surface area contributed by atoms with Crippen LogP contribution < -0.4 is 10.5 Å². The standard InChI is InChI=1S/C17H24N6O2/c1-5-12(24)22-8-6-11(7-9-22)25-16-13-14(18)19-10-20-15(13)23(21-16)17(2,3)4/h5,10-11H,1,6-9H2,2-4H3,(H2,18,19,20). The lowest BCUT2D eigenvalue weighted by Crippen LogP contribution is -2.41. The average Bonchev–Trinajstić information content (AvgIpc) is 2.95. The number of aromatic nitrogens is 4. The minimum Gasteiger partial charge on any atom is -0.473 e. The Bertz CT molecular complexity index is 799. The van der Waals surface area contributed by atoms with Gasteiger partial charge in [0.05, 0.1) is 5.54 Å². The molecule has 0 bridgehead atoms. The average molecular weight is 344 g/mol. The van der Waals surface area contributed by atoms with E-state index < -0.39 is 0 Å². The van der Waals surface area contributed by atoms with Crippen molar-refractivity contribution >= 4 is 22.8 Å². The zero-order chi connectivity index (χ0) is 18.2. The summed E-state index contributed by atoms with van der Waals surface area (Å²) in [5.41, 5.74) is 6.45. The quantitative estimate of drug-likeness (QED) is 0.851. The maximum absolute atomic E-state index is 11.7. The van der Waals surface area contributed by atoms with Crippen molar-refractivity contribution in [3.8, 4) is 5.88 Å². The molecule has 0 unspecified atom stereocenters. The molecule has 2 N–H and O–H groups in total. The SMILES string of the molecule is C=CC(=O)N1CCC(Oc2nn(C(C)(C)C)c3ncnc(N)c23)CC1. The number of carbonyl (C=O) groups is 1. The van der Waals surface area contributed by atoms with Gasteiger partial charge in [-0.2, -0.15) is 0 Å². The van der Waals surface area contributed by atoms with Gasteiger partial charge < -0.3 is 15.4 Å². The van der Waals surface area contributed by atoms with E-state index in [9.17, 15) is 4.79 Å². The Morgan fingerprint density at radius 1 is 1.36 bits per heavy atom. The number of hydrogen-bond acceptors (Lipinski definition) is 6. The highest BCUT2D eigenvalue weighted by Gasteiger charge is 2.28. The molecule has 1 aliphatic heterocycles. The van der Waals surface area contributed by atoms with Crippen molar-refractivity contribution < 1.29 is 9.53 Å². The number of nitrogens with two attached hydrogens (primary N) is 1. The van der Waals surface area contributed by atoms with Gasteiger partial charge in [0.2, 0.25) is 11.8 Å². The van der Waals surface area contributed by atoms with Crippen LogP contribution in [0.2, 0.25) is 0 Å². The van der Waals surface area contributed by atoms with Crippen LogP contribution in [-0.4, -0.2) is 49.7 Å². The molecule has 1 amide bonds. The van der Waals surface area contributed by atoms with Gasteiger partial charge in [-0.15, -0.1) is 5.10 Å². The number of nitrogens with zero attached hydrogens (tertiary/aromatic N) is 5. The summed E-state index contributed by atoms with van der Waals surface area (Å²) in [7, 11) is 0. The number of ether oxygens (including phenoxy) is 1. The van der Waals surface area contributed by atoms with Gasteiger partial charge in [-0.1, -0.05) is 6.58 Å². The fraction of sp³-hybridized carbons (Fsp3) is 0.529. The van der Waals surface area contributed by atoms with Gasteiger partial charge in [0.25, 0.3) is 0 Å². The molecule has 1 saturated heterocycles. The van der Waals surface area contributed by atoms with Gasteiger partial charge in [0.15, 0.2) is 5.65 Å². The van der Waals surface area contributed by atoms with Crippen molar-refractivity contribution in [1.29, 1.82) is 0 Å². The largest absolute Gasteiger partial charge is 0.473 e. The van der Waals surface area contributed by atoms with Crippen molar-refractivity contribution in [3.63, 3.8) is 0 Å². The zero-order valence-electron chi connectivity index (χ0n) is 14.9. The Hall–Kier alpha value is -2.64. The minimum atomic E-state index is -0.263. The van der Waals surface area contributed by atoms with Gasteiger partial charge in [0, 0.05) is 25.9 Å². The van der Waals surface area contributed by atoms with Crippen molar-refractivity contribution in [2.45, 2.75) is 45.3 Å². The third kappa shape index (κ3) is 3.29. The normalized spacial score (nSPS) is 16.2. The number of fused-ring (bicyclic) bond motifs is 1. The van der Waals surface area contributed by atoms with E-state index in [1.54, 1.807) is 4.90 Å². The van der Waals surface area contributed by atoms with E-state index in [1.165, 1.54) is 12.4 Å². The van der Waals surface area contributed by atoms with E-state index in [1.807, 2.05) is 25.5 Å². The lowest BCUT2D eigenvalue weighted by atomic mass is 10.1. The van der Waals surface area contributed by atoms with E-state index in [4.69, 9.17) is 10.5 Å². The zero-order valence-corrected chi connectivity index (χ0v) is 14.9. The van der Waals surface area contributed by atoms with Gasteiger partial charge in [-0.05, 0) is 26.8 Å². The lowest BCUT2D eigenvalue weighted by Gasteiger charge is -2.31. The summed E-state index contributed by atoms with van der Waals surface area (Å²) in [5.74, 6) is 0.768. The fourth-order valence-electron chi connectivity index (χ4n) is 2.97. The summed E-state index contributed by atoms with van der Waals surface area (Å²) < 4.78 is 7.94. The predicted octanol–water partition coefficient (Wildman–Crippen LogP) is 1.72. The van der Waals surface area contributed by atoms with E-state index in [-0.39, 0.29) is 17.6 Å². The molecule has 1 fully saturated rings. The van der Waals surface area contributed by atoms with Crippen molar-refractivity contribution in [1.82, 2.24) is 24.6 Å². The number of nitrogen functional groups attached to an aromatic ring is 1. The highest BCUT2D eigenvalue weighted by atomic mass is 16.5. The Kier molecular flexibility index (Phi) is 4.36. The molecular formula is C17H24N6O2. The van der Waals surface area contributed by atoms with Gasteiger partial charge >= 0.3 is 0 Å². The van der Waals surface area contributed by atoms with E-state index in [0.717, 1.165) is 12.8 Å². The van der Waals surface area contributed by atoms with Crippen molar-refractivity contribution in [3.05, 3.63) is 19.0 Å². The highest BCUT2D eigenvalue weighted by molar-refractivity contribution is 5.90. The number of anilines is 1. The summed E-state index contributed by atoms with van der Waals surface area (Å²) in [4.78, 5) is 21.9. The molecule has 134 valence electrons. The summed E-state index contributed by atoms with van der Waals surface area (Å²) in [6.07, 6.45) is 4.22. The Morgan fingerprint density at radius 3 is 2.64 bits per heavy atom. The number of rotatable bonds is 3. The molecule has 0 aromatic carbocycles. The van der Waals surface area contributed by atoms with Crippen LogP contribution in [0.15, 0.2) is 19.0 Å². The molecule has 2 aromatic heterocycles. The molecular weight excluding hydrogens is 320 g/mol. The summed E-state index contributed by atoms with van der Waals surface area (Å²) in [6, 6.07) is 0. The van der Waals surface area contributed by atoms with Crippen LogP contribution in [0.25, 0.3) is 11.0 Å². The van der Waals surface area contributed by atoms with E-state index in [0.29, 0.717) is 35.8 Å². The van der Waals surface area contributed by atoms with E-state index >= 15 is 0 Å². The van der Waals surface area contributed by atoms with Crippen LogP contribution in [0.5, 0.6) is 5.88 Å². The molecule has 8 nitrogen and oxygen atoms in total.